The van der Waals surface area contributed by atoms with Crippen LogP contribution in [-0.2, 0) is 11.3 Å². The van der Waals surface area contributed by atoms with Gasteiger partial charge in [0.2, 0.25) is 0 Å². The predicted octanol–water partition coefficient (Wildman–Crippen LogP) is 4.36. The second-order valence-corrected chi connectivity index (χ2v) is 7.82. The number of carbonyl (C=O) groups excluding carboxylic acids is 1. The molecule has 0 atom stereocenters. The molecule has 1 aromatic heterocycles. The van der Waals surface area contributed by atoms with E-state index in [2.05, 4.69) is 4.99 Å². The van der Waals surface area contributed by atoms with Crippen LogP contribution in [0.15, 0.2) is 47.5 Å². The Morgan fingerprint density at radius 3 is 2.81 bits per heavy atom. The van der Waals surface area contributed by atoms with Gasteiger partial charge in [0.1, 0.15) is 11.6 Å². The lowest BCUT2D eigenvalue weighted by Gasteiger charge is -2.04. The maximum atomic E-state index is 13.5. The van der Waals surface area contributed by atoms with Gasteiger partial charge in [-0.2, -0.15) is 16.8 Å². The average molecular weight is 411 g/mol. The number of amides is 1. The highest BCUT2D eigenvalue weighted by atomic mass is 35.5. The lowest BCUT2D eigenvalue weighted by molar-refractivity contribution is -0.120. The molecule has 4 nitrogen and oxygen atoms in total. The monoisotopic (exact) mass is 410 g/mol. The quantitative estimate of drug-likeness (QED) is 0.606. The largest absolute Gasteiger partial charge is 0.484 e. The van der Waals surface area contributed by atoms with Crippen LogP contribution < -0.4 is 9.54 Å². The number of benzene rings is 2. The fraction of sp³-hybridized carbons (Fsp3) is 0.222. The number of rotatable bonds is 6. The first-order valence-corrected chi connectivity index (χ1v) is 10.4. The van der Waals surface area contributed by atoms with Crippen molar-refractivity contribution in [1.82, 2.24) is 4.57 Å². The molecular weight excluding hydrogens is 395 g/mol. The number of thiazole rings is 1. The summed E-state index contributed by atoms with van der Waals surface area (Å²) in [5.41, 5.74) is 0.871. The van der Waals surface area contributed by atoms with Gasteiger partial charge in [0.25, 0.3) is 5.91 Å². The maximum Gasteiger partial charge on any atom is 0.286 e. The summed E-state index contributed by atoms with van der Waals surface area (Å²) < 4.78 is 21.6. The zero-order chi connectivity index (χ0) is 18.5. The van der Waals surface area contributed by atoms with Crippen molar-refractivity contribution in [3.8, 4) is 5.75 Å². The Kier molecular flexibility index (Phi) is 6.34. The summed E-state index contributed by atoms with van der Waals surface area (Å²) in [5, 5.41) is 0.598. The Labute approximate surface area is 163 Å². The van der Waals surface area contributed by atoms with Gasteiger partial charge in [-0.3, -0.25) is 4.79 Å². The van der Waals surface area contributed by atoms with Crippen molar-refractivity contribution in [3.63, 3.8) is 0 Å². The van der Waals surface area contributed by atoms with Crippen LogP contribution in [0.4, 0.5) is 4.39 Å². The third-order valence-corrected chi connectivity index (χ3v) is 5.44. The minimum absolute atomic E-state index is 0.174. The number of carbonyl (C=O) groups is 1. The average Bonchev–Trinajstić information content (AvgIpc) is 2.95. The van der Waals surface area contributed by atoms with Gasteiger partial charge in [0, 0.05) is 17.3 Å². The van der Waals surface area contributed by atoms with Crippen molar-refractivity contribution in [2.45, 2.75) is 6.54 Å². The summed E-state index contributed by atoms with van der Waals surface area (Å²) in [6.45, 7) is 0.518. The summed E-state index contributed by atoms with van der Waals surface area (Å²) in [4.78, 5) is 16.9. The summed E-state index contributed by atoms with van der Waals surface area (Å²) in [6.07, 6.45) is 2.01. The molecule has 2 aromatic carbocycles. The smallest absolute Gasteiger partial charge is 0.286 e. The lowest BCUT2D eigenvalue weighted by atomic mass is 10.3. The Bertz CT molecular complexity index is 983. The van der Waals surface area contributed by atoms with E-state index in [-0.39, 0.29) is 12.4 Å². The van der Waals surface area contributed by atoms with Gasteiger partial charge >= 0.3 is 0 Å². The molecular formula is C18H16ClFN2O2S2. The van der Waals surface area contributed by atoms with Crippen LogP contribution in [0.3, 0.4) is 0 Å². The molecule has 0 fully saturated rings. The molecule has 136 valence electrons. The zero-order valence-electron chi connectivity index (χ0n) is 13.9. The first-order valence-electron chi connectivity index (χ1n) is 7.80. The molecule has 0 radical (unpaired) electrons. The Hall–Kier alpha value is -1.83. The van der Waals surface area contributed by atoms with E-state index < -0.39 is 5.91 Å². The van der Waals surface area contributed by atoms with Gasteiger partial charge < -0.3 is 9.30 Å². The number of hydrogen-bond donors (Lipinski definition) is 0. The van der Waals surface area contributed by atoms with Crippen molar-refractivity contribution >= 4 is 50.8 Å². The molecule has 0 spiro atoms. The molecule has 3 aromatic rings. The number of hydrogen-bond acceptors (Lipinski definition) is 4. The van der Waals surface area contributed by atoms with Crippen molar-refractivity contribution < 1.29 is 13.9 Å². The molecule has 0 saturated carbocycles. The number of aryl methyl sites for hydroxylation is 1. The number of nitrogens with zero attached hydrogens (tertiary/aromatic N) is 2. The van der Waals surface area contributed by atoms with Crippen molar-refractivity contribution in [2.24, 2.45) is 4.99 Å². The van der Waals surface area contributed by atoms with Crippen LogP contribution in [0.1, 0.15) is 0 Å². The Morgan fingerprint density at radius 1 is 1.31 bits per heavy atom. The minimum atomic E-state index is -0.398. The summed E-state index contributed by atoms with van der Waals surface area (Å²) in [7, 11) is 0. The Morgan fingerprint density at radius 2 is 2.08 bits per heavy atom. The van der Waals surface area contributed by atoms with Crippen LogP contribution in [0.25, 0.3) is 10.2 Å². The highest BCUT2D eigenvalue weighted by molar-refractivity contribution is 7.98. The molecule has 0 bridgehead atoms. The Balaban J connectivity index is 1.84. The lowest BCUT2D eigenvalue weighted by Crippen LogP contribution is -2.20. The number of aromatic nitrogens is 1. The second kappa shape index (κ2) is 8.70. The highest BCUT2D eigenvalue weighted by Crippen LogP contribution is 2.19. The summed E-state index contributed by atoms with van der Waals surface area (Å²) in [5.74, 6) is 0.711. The molecule has 0 saturated heterocycles. The fourth-order valence-corrected chi connectivity index (χ4v) is 3.94. The van der Waals surface area contributed by atoms with Gasteiger partial charge in [-0.1, -0.05) is 22.9 Å². The normalized spacial score (nSPS) is 11.9. The van der Waals surface area contributed by atoms with E-state index in [1.54, 1.807) is 42.1 Å². The number of fused-ring (bicyclic) bond motifs is 1. The molecule has 0 aliphatic rings. The van der Waals surface area contributed by atoms with Crippen LogP contribution in [0.5, 0.6) is 5.75 Å². The molecule has 0 aliphatic carbocycles. The van der Waals surface area contributed by atoms with Crippen LogP contribution in [0, 0.1) is 5.82 Å². The molecule has 26 heavy (non-hydrogen) atoms. The van der Waals surface area contributed by atoms with Crippen molar-refractivity contribution in [2.75, 3.05) is 18.6 Å². The van der Waals surface area contributed by atoms with Crippen LogP contribution in [-0.4, -0.2) is 29.1 Å². The maximum absolute atomic E-state index is 13.5. The minimum Gasteiger partial charge on any atom is -0.484 e. The zero-order valence-corrected chi connectivity index (χ0v) is 16.3. The topological polar surface area (TPSA) is 43.6 Å². The van der Waals surface area contributed by atoms with Crippen LogP contribution in [0.2, 0.25) is 5.02 Å². The molecule has 3 rings (SSSR count). The van der Waals surface area contributed by atoms with Crippen LogP contribution >= 0.6 is 34.7 Å². The van der Waals surface area contributed by atoms with E-state index in [9.17, 15) is 9.18 Å². The third kappa shape index (κ3) is 4.66. The van der Waals surface area contributed by atoms with E-state index in [0.717, 1.165) is 16.0 Å². The SMILES string of the molecule is CSCCn1c(=NC(=O)COc2ccc(Cl)cc2)sc2cc(F)ccc21. The molecule has 8 heteroatoms. The molecule has 0 N–H and O–H groups in total. The van der Waals surface area contributed by atoms with E-state index in [4.69, 9.17) is 16.3 Å². The van der Waals surface area contributed by atoms with Crippen molar-refractivity contribution in [3.05, 3.63) is 58.1 Å². The second-order valence-electron chi connectivity index (χ2n) is 5.39. The standard InChI is InChI=1S/C18H16ClFN2O2S2/c1-25-9-8-22-15-7-4-13(20)10-16(15)26-18(22)21-17(23)11-24-14-5-2-12(19)3-6-14/h2-7,10H,8-9,11H2,1H3. The number of thioether (sulfide) groups is 1. The van der Waals surface area contributed by atoms with E-state index in [1.165, 1.54) is 23.5 Å². The van der Waals surface area contributed by atoms with E-state index in [0.29, 0.717) is 22.1 Å². The summed E-state index contributed by atoms with van der Waals surface area (Å²) in [6, 6.07) is 11.4. The first kappa shape index (κ1) is 18.9. The van der Waals surface area contributed by atoms with Gasteiger partial charge in [-0.15, -0.1) is 0 Å². The van der Waals surface area contributed by atoms with Gasteiger partial charge in [0.15, 0.2) is 11.4 Å². The van der Waals surface area contributed by atoms with Crippen molar-refractivity contribution in [1.29, 1.82) is 0 Å². The predicted molar refractivity (Wildman–Crippen MR) is 106 cm³/mol. The van der Waals surface area contributed by atoms with Gasteiger partial charge in [0.05, 0.1) is 10.2 Å². The number of ether oxygens (including phenoxy) is 1. The van der Waals surface area contributed by atoms with Gasteiger partial charge in [-0.25, -0.2) is 4.39 Å². The van der Waals surface area contributed by atoms with Gasteiger partial charge in [-0.05, 0) is 48.7 Å². The molecule has 1 heterocycles. The highest BCUT2D eigenvalue weighted by Gasteiger charge is 2.09. The fourth-order valence-electron chi connectivity index (χ4n) is 2.35. The summed E-state index contributed by atoms with van der Waals surface area (Å²) >= 11 is 8.81. The third-order valence-electron chi connectivity index (χ3n) is 3.56. The molecule has 0 unspecified atom stereocenters. The molecule has 1 amide bonds. The first-order chi connectivity index (χ1) is 12.6. The molecule has 0 aliphatic heterocycles. The number of halogens is 2. The van der Waals surface area contributed by atoms with E-state index in [1.807, 2.05) is 10.8 Å². The van der Waals surface area contributed by atoms with E-state index >= 15 is 0 Å².